The number of hydrogen-bond donors (Lipinski definition) is 2. The molecule has 0 aliphatic carbocycles. The van der Waals surface area contributed by atoms with Gasteiger partial charge in [0.1, 0.15) is 0 Å². The molecule has 0 fully saturated rings. The van der Waals surface area contributed by atoms with Crippen molar-refractivity contribution >= 4 is 11.8 Å². The van der Waals surface area contributed by atoms with Crippen LogP contribution in [0.5, 0.6) is 0 Å². The summed E-state index contributed by atoms with van der Waals surface area (Å²) < 4.78 is 2.09. The van der Waals surface area contributed by atoms with Crippen molar-refractivity contribution in [3.05, 3.63) is 88.2 Å². The number of ketones is 1. The SMILES string of the molecule is Cc1cc(C)cc(-n2c(C)cc(C(=O)CNC(=O)NCc3ccccc3)c2C)c1. The first-order chi connectivity index (χ1) is 13.8. The molecule has 0 bridgehead atoms. The van der Waals surface area contributed by atoms with Gasteiger partial charge in [-0.05, 0) is 62.6 Å². The average Bonchev–Trinajstić information content (AvgIpc) is 2.98. The predicted molar refractivity (Wildman–Crippen MR) is 116 cm³/mol. The zero-order chi connectivity index (χ0) is 21.0. The molecule has 0 radical (unpaired) electrons. The molecule has 29 heavy (non-hydrogen) atoms. The van der Waals surface area contributed by atoms with Crippen LogP contribution in [-0.2, 0) is 6.54 Å². The molecule has 0 spiro atoms. The minimum absolute atomic E-state index is 0.0439. The van der Waals surface area contributed by atoms with Gasteiger partial charge in [0.05, 0.1) is 6.54 Å². The Balaban J connectivity index is 1.66. The minimum Gasteiger partial charge on any atom is -0.334 e. The van der Waals surface area contributed by atoms with Crippen molar-refractivity contribution < 1.29 is 9.59 Å². The van der Waals surface area contributed by atoms with E-state index in [2.05, 4.69) is 47.2 Å². The third kappa shape index (κ3) is 4.93. The van der Waals surface area contributed by atoms with Crippen molar-refractivity contribution in [2.45, 2.75) is 34.2 Å². The molecular formula is C24H27N3O2. The Labute approximate surface area is 171 Å². The maximum Gasteiger partial charge on any atom is 0.315 e. The molecule has 5 heteroatoms. The largest absolute Gasteiger partial charge is 0.334 e. The maximum absolute atomic E-state index is 12.7. The summed E-state index contributed by atoms with van der Waals surface area (Å²) in [6.07, 6.45) is 0. The van der Waals surface area contributed by atoms with E-state index in [0.29, 0.717) is 12.1 Å². The molecule has 150 valence electrons. The van der Waals surface area contributed by atoms with E-state index >= 15 is 0 Å². The van der Waals surface area contributed by atoms with E-state index in [-0.39, 0.29) is 18.4 Å². The zero-order valence-corrected chi connectivity index (χ0v) is 17.4. The number of benzene rings is 2. The fourth-order valence-corrected chi connectivity index (χ4v) is 3.62. The van der Waals surface area contributed by atoms with Gasteiger partial charge in [-0.25, -0.2) is 4.79 Å². The van der Waals surface area contributed by atoms with Gasteiger partial charge in [0.2, 0.25) is 0 Å². The van der Waals surface area contributed by atoms with Crippen LogP contribution in [0.1, 0.15) is 38.4 Å². The molecule has 0 aliphatic rings. The van der Waals surface area contributed by atoms with Gasteiger partial charge in [-0.3, -0.25) is 4.79 Å². The van der Waals surface area contributed by atoms with Gasteiger partial charge in [-0.15, -0.1) is 0 Å². The smallest absolute Gasteiger partial charge is 0.315 e. The number of aryl methyl sites for hydroxylation is 3. The Kier molecular flexibility index (Phi) is 6.17. The Hall–Kier alpha value is -3.34. The standard InChI is InChI=1S/C24H27N3O2/c1-16-10-17(2)12-21(11-16)27-18(3)13-22(19(27)4)23(28)15-26-24(29)25-14-20-8-6-5-7-9-20/h5-13H,14-15H2,1-4H3,(H2,25,26,29). The normalized spacial score (nSPS) is 10.6. The third-order valence-corrected chi connectivity index (χ3v) is 4.90. The van der Waals surface area contributed by atoms with Crippen LogP contribution >= 0.6 is 0 Å². The summed E-state index contributed by atoms with van der Waals surface area (Å²) in [6.45, 7) is 8.43. The van der Waals surface area contributed by atoms with E-state index < -0.39 is 0 Å². The molecule has 5 nitrogen and oxygen atoms in total. The fourth-order valence-electron chi connectivity index (χ4n) is 3.62. The van der Waals surface area contributed by atoms with Gasteiger partial charge in [-0.2, -0.15) is 0 Å². The molecule has 0 saturated carbocycles. The van der Waals surface area contributed by atoms with Crippen molar-refractivity contribution in [3.63, 3.8) is 0 Å². The van der Waals surface area contributed by atoms with Crippen molar-refractivity contribution in [2.75, 3.05) is 6.54 Å². The second-order valence-electron chi connectivity index (χ2n) is 7.41. The highest BCUT2D eigenvalue weighted by molar-refractivity contribution is 6.00. The number of hydrogen-bond acceptors (Lipinski definition) is 2. The minimum atomic E-state index is -0.356. The molecule has 0 unspecified atom stereocenters. The van der Waals surface area contributed by atoms with Crippen LogP contribution in [0.4, 0.5) is 4.79 Å². The number of nitrogens with zero attached hydrogens (tertiary/aromatic N) is 1. The summed E-state index contributed by atoms with van der Waals surface area (Å²) in [4.78, 5) is 24.7. The number of aromatic nitrogens is 1. The number of amides is 2. The lowest BCUT2D eigenvalue weighted by Gasteiger charge is -2.12. The summed E-state index contributed by atoms with van der Waals surface area (Å²) in [5.41, 5.74) is 6.91. The van der Waals surface area contributed by atoms with Crippen molar-refractivity contribution in [2.24, 2.45) is 0 Å². The molecule has 2 aromatic carbocycles. The number of carbonyl (C=O) groups is 2. The van der Waals surface area contributed by atoms with Gasteiger partial charge in [0.15, 0.2) is 5.78 Å². The van der Waals surface area contributed by atoms with E-state index in [4.69, 9.17) is 0 Å². The molecule has 0 atom stereocenters. The number of urea groups is 1. The molecule has 0 aliphatic heterocycles. The molecule has 0 saturated heterocycles. The molecule has 2 N–H and O–H groups in total. The van der Waals surface area contributed by atoms with Crippen LogP contribution in [0, 0.1) is 27.7 Å². The first-order valence-electron chi connectivity index (χ1n) is 9.71. The Bertz CT molecular complexity index is 1020. The Morgan fingerprint density at radius 3 is 2.17 bits per heavy atom. The molecule has 3 aromatic rings. The quantitative estimate of drug-likeness (QED) is 0.614. The highest BCUT2D eigenvalue weighted by atomic mass is 16.2. The first kappa shape index (κ1) is 20.4. The van der Waals surface area contributed by atoms with E-state index in [1.54, 1.807) is 0 Å². The van der Waals surface area contributed by atoms with E-state index in [9.17, 15) is 9.59 Å². The Morgan fingerprint density at radius 2 is 1.52 bits per heavy atom. The van der Waals surface area contributed by atoms with Gasteiger partial charge in [0.25, 0.3) is 0 Å². The summed E-state index contributed by atoms with van der Waals surface area (Å²) in [5.74, 6) is -0.108. The molecule has 1 aromatic heterocycles. The van der Waals surface area contributed by atoms with Crippen LogP contribution in [0.3, 0.4) is 0 Å². The molecule has 1 heterocycles. The van der Waals surface area contributed by atoms with Crippen LogP contribution in [-0.4, -0.2) is 22.9 Å². The number of rotatable bonds is 6. The van der Waals surface area contributed by atoms with Crippen LogP contribution < -0.4 is 10.6 Å². The van der Waals surface area contributed by atoms with Crippen molar-refractivity contribution in [1.82, 2.24) is 15.2 Å². The second-order valence-corrected chi connectivity index (χ2v) is 7.41. The molecule has 3 rings (SSSR count). The topological polar surface area (TPSA) is 63.1 Å². The van der Waals surface area contributed by atoms with Crippen molar-refractivity contribution in [1.29, 1.82) is 0 Å². The van der Waals surface area contributed by atoms with Crippen molar-refractivity contribution in [3.8, 4) is 5.69 Å². The average molecular weight is 389 g/mol. The van der Waals surface area contributed by atoms with Gasteiger partial charge in [0, 0.05) is 29.2 Å². The van der Waals surface area contributed by atoms with E-state index in [1.807, 2.05) is 50.2 Å². The van der Waals surface area contributed by atoms with Crippen LogP contribution in [0.2, 0.25) is 0 Å². The highest BCUT2D eigenvalue weighted by Gasteiger charge is 2.17. The molecule has 2 amide bonds. The summed E-state index contributed by atoms with van der Waals surface area (Å²) in [5, 5.41) is 5.42. The highest BCUT2D eigenvalue weighted by Crippen LogP contribution is 2.23. The second kappa shape index (κ2) is 8.78. The third-order valence-electron chi connectivity index (χ3n) is 4.90. The summed E-state index contributed by atoms with van der Waals surface area (Å²) >= 11 is 0. The zero-order valence-electron chi connectivity index (χ0n) is 17.4. The lowest BCUT2D eigenvalue weighted by atomic mass is 10.1. The first-order valence-corrected chi connectivity index (χ1v) is 9.71. The monoisotopic (exact) mass is 389 g/mol. The lowest BCUT2D eigenvalue weighted by Crippen LogP contribution is -2.38. The Morgan fingerprint density at radius 1 is 0.862 bits per heavy atom. The van der Waals surface area contributed by atoms with Gasteiger partial charge < -0.3 is 15.2 Å². The van der Waals surface area contributed by atoms with E-state index in [0.717, 1.165) is 22.6 Å². The predicted octanol–water partition coefficient (Wildman–Crippen LogP) is 4.39. The number of nitrogens with one attached hydrogen (secondary N) is 2. The summed E-state index contributed by atoms with van der Waals surface area (Å²) in [6, 6.07) is 17.5. The number of Topliss-reactive ketones (excluding diaryl/α,β-unsaturated/α-hetero) is 1. The summed E-state index contributed by atoms with van der Waals surface area (Å²) in [7, 11) is 0. The fraction of sp³-hybridized carbons (Fsp3) is 0.250. The number of carbonyl (C=O) groups excluding carboxylic acids is 2. The van der Waals surface area contributed by atoms with Gasteiger partial charge >= 0.3 is 6.03 Å². The van der Waals surface area contributed by atoms with Crippen LogP contribution in [0.25, 0.3) is 5.69 Å². The van der Waals surface area contributed by atoms with Crippen LogP contribution in [0.15, 0.2) is 54.6 Å². The van der Waals surface area contributed by atoms with Gasteiger partial charge in [-0.1, -0.05) is 36.4 Å². The maximum atomic E-state index is 12.7. The lowest BCUT2D eigenvalue weighted by molar-refractivity contribution is 0.0991. The molecular weight excluding hydrogens is 362 g/mol. The van der Waals surface area contributed by atoms with E-state index in [1.165, 1.54) is 11.1 Å².